The minimum atomic E-state index is -0.311. The third-order valence-electron chi connectivity index (χ3n) is 6.80. The van der Waals surface area contributed by atoms with Gasteiger partial charge >= 0.3 is 0 Å². The summed E-state index contributed by atoms with van der Waals surface area (Å²) in [5, 5.41) is 3.26. The molecule has 0 bridgehead atoms. The van der Waals surface area contributed by atoms with E-state index in [1.54, 1.807) is 6.07 Å². The van der Waals surface area contributed by atoms with E-state index in [9.17, 15) is 9.18 Å². The number of amides is 1. The number of morpholine rings is 1. The van der Waals surface area contributed by atoms with Crippen molar-refractivity contribution in [3.63, 3.8) is 0 Å². The summed E-state index contributed by atoms with van der Waals surface area (Å²) in [5.74, 6) is 1.21. The molecule has 1 atom stereocenters. The Morgan fingerprint density at radius 3 is 2.72 bits per heavy atom. The molecular formula is C28H32FN5O2. The van der Waals surface area contributed by atoms with E-state index in [0.29, 0.717) is 30.3 Å². The normalized spacial score (nSPS) is 18.2. The molecule has 7 nitrogen and oxygen atoms in total. The molecule has 2 aliphatic rings. The molecule has 1 amide bonds. The summed E-state index contributed by atoms with van der Waals surface area (Å²) in [4.78, 5) is 26.4. The smallest absolute Gasteiger partial charge is 0.222 e. The average Bonchev–Trinajstić information content (AvgIpc) is 2.93. The first-order valence-corrected chi connectivity index (χ1v) is 12.7. The van der Waals surface area contributed by atoms with Crippen LogP contribution in [0.2, 0.25) is 0 Å². The Morgan fingerprint density at radius 2 is 1.92 bits per heavy atom. The van der Waals surface area contributed by atoms with E-state index in [4.69, 9.17) is 14.7 Å². The van der Waals surface area contributed by atoms with Crippen LogP contribution in [0.25, 0.3) is 11.3 Å². The SMILES string of the molecule is CCC(=O)N1CCCC(c2nc(Nc3cccc(F)c3)cc(-c3cccc(N4CCOCC4)c3)n2)C1. The molecule has 0 aliphatic carbocycles. The fraction of sp³-hybridized carbons (Fsp3) is 0.393. The maximum Gasteiger partial charge on any atom is 0.222 e. The Hall–Kier alpha value is -3.52. The maximum absolute atomic E-state index is 13.8. The Kier molecular flexibility index (Phi) is 7.41. The third-order valence-corrected chi connectivity index (χ3v) is 6.80. The highest BCUT2D eigenvalue weighted by atomic mass is 19.1. The topological polar surface area (TPSA) is 70.6 Å². The Labute approximate surface area is 211 Å². The van der Waals surface area contributed by atoms with Gasteiger partial charge in [0.1, 0.15) is 17.5 Å². The van der Waals surface area contributed by atoms with E-state index >= 15 is 0 Å². The largest absolute Gasteiger partial charge is 0.378 e. The zero-order chi connectivity index (χ0) is 24.9. The van der Waals surface area contributed by atoms with Crippen molar-refractivity contribution in [3.05, 3.63) is 66.2 Å². The van der Waals surface area contributed by atoms with Crippen LogP contribution in [-0.2, 0) is 9.53 Å². The molecule has 5 rings (SSSR count). The van der Waals surface area contributed by atoms with Crippen molar-refractivity contribution in [2.75, 3.05) is 49.6 Å². The fourth-order valence-electron chi connectivity index (χ4n) is 4.90. The minimum absolute atomic E-state index is 0.0460. The number of hydrogen-bond donors (Lipinski definition) is 1. The number of anilines is 3. The van der Waals surface area contributed by atoms with Gasteiger partial charge < -0.3 is 19.9 Å². The van der Waals surface area contributed by atoms with E-state index in [1.807, 2.05) is 30.0 Å². The summed E-state index contributed by atoms with van der Waals surface area (Å²) >= 11 is 0. The summed E-state index contributed by atoms with van der Waals surface area (Å²) in [6, 6.07) is 16.6. The molecule has 2 saturated heterocycles. The van der Waals surface area contributed by atoms with Crippen molar-refractivity contribution in [1.29, 1.82) is 0 Å². The second kappa shape index (κ2) is 11.0. The van der Waals surface area contributed by atoms with Gasteiger partial charge in [0, 0.05) is 61.5 Å². The number of nitrogens with zero attached hydrogens (tertiary/aromatic N) is 4. The van der Waals surface area contributed by atoms with E-state index in [0.717, 1.165) is 62.6 Å². The molecule has 1 unspecified atom stereocenters. The number of piperidine rings is 1. The van der Waals surface area contributed by atoms with Crippen LogP contribution in [0.4, 0.5) is 21.6 Å². The molecule has 8 heteroatoms. The van der Waals surface area contributed by atoms with Crippen LogP contribution in [0.5, 0.6) is 0 Å². The van der Waals surface area contributed by atoms with Crippen molar-refractivity contribution in [3.8, 4) is 11.3 Å². The lowest BCUT2D eigenvalue weighted by Gasteiger charge is -2.32. The number of likely N-dealkylation sites (tertiary alicyclic amines) is 1. The lowest BCUT2D eigenvalue weighted by molar-refractivity contribution is -0.132. The number of rotatable bonds is 6. The number of carbonyl (C=O) groups excluding carboxylic acids is 1. The van der Waals surface area contributed by atoms with Crippen molar-refractivity contribution in [1.82, 2.24) is 14.9 Å². The van der Waals surface area contributed by atoms with Gasteiger partial charge in [-0.05, 0) is 43.2 Å². The van der Waals surface area contributed by atoms with Gasteiger partial charge in [-0.25, -0.2) is 14.4 Å². The standard InChI is InChI=1S/C28H32FN5O2/c1-2-27(35)34-11-5-7-21(19-34)28-31-25(18-26(32-28)30-23-9-4-8-22(29)17-23)20-6-3-10-24(16-20)33-12-14-36-15-13-33/h3-4,6,8-10,16-18,21H,2,5,7,11-15,19H2,1H3,(H,30,31,32). The first-order chi connectivity index (χ1) is 17.6. The maximum atomic E-state index is 13.8. The van der Waals surface area contributed by atoms with Crippen LogP contribution in [0.3, 0.4) is 0 Å². The highest BCUT2D eigenvalue weighted by Gasteiger charge is 2.27. The molecule has 0 saturated carbocycles. The van der Waals surface area contributed by atoms with Crippen molar-refractivity contribution in [2.45, 2.75) is 32.1 Å². The van der Waals surface area contributed by atoms with Crippen molar-refractivity contribution >= 4 is 23.1 Å². The van der Waals surface area contributed by atoms with E-state index < -0.39 is 0 Å². The predicted molar refractivity (Wildman–Crippen MR) is 139 cm³/mol. The lowest BCUT2D eigenvalue weighted by atomic mass is 9.96. The first kappa shape index (κ1) is 24.2. The van der Waals surface area contributed by atoms with Gasteiger partial charge in [0.15, 0.2) is 0 Å². The van der Waals surface area contributed by atoms with Gasteiger partial charge in [-0.3, -0.25) is 4.79 Å². The average molecular weight is 490 g/mol. The molecule has 2 aromatic carbocycles. The summed E-state index contributed by atoms with van der Waals surface area (Å²) < 4.78 is 19.3. The van der Waals surface area contributed by atoms with E-state index in [-0.39, 0.29) is 17.6 Å². The fourth-order valence-corrected chi connectivity index (χ4v) is 4.90. The second-order valence-electron chi connectivity index (χ2n) is 9.31. The van der Waals surface area contributed by atoms with Gasteiger partial charge in [0.05, 0.1) is 18.9 Å². The zero-order valence-corrected chi connectivity index (χ0v) is 20.6. The molecule has 2 aliphatic heterocycles. The highest BCUT2D eigenvalue weighted by molar-refractivity contribution is 5.76. The van der Waals surface area contributed by atoms with Crippen LogP contribution < -0.4 is 10.2 Å². The number of aromatic nitrogens is 2. The van der Waals surface area contributed by atoms with Gasteiger partial charge in [-0.1, -0.05) is 25.1 Å². The van der Waals surface area contributed by atoms with Crippen LogP contribution in [0.1, 0.15) is 37.9 Å². The molecule has 188 valence electrons. The second-order valence-corrected chi connectivity index (χ2v) is 9.31. The summed E-state index contributed by atoms with van der Waals surface area (Å²) in [6.45, 7) is 6.44. The monoisotopic (exact) mass is 489 g/mol. The molecule has 1 aromatic heterocycles. The summed E-state index contributed by atoms with van der Waals surface area (Å²) in [7, 11) is 0. The number of hydrogen-bond acceptors (Lipinski definition) is 6. The minimum Gasteiger partial charge on any atom is -0.378 e. The van der Waals surface area contributed by atoms with Gasteiger partial charge in [-0.2, -0.15) is 0 Å². The highest BCUT2D eigenvalue weighted by Crippen LogP contribution is 2.31. The third kappa shape index (κ3) is 5.65. The number of halogens is 1. The van der Waals surface area contributed by atoms with Gasteiger partial charge in [-0.15, -0.1) is 0 Å². The molecule has 0 spiro atoms. The lowest BCUT2D eigenvalue weighted by Crippen LogP contribution is -2.39. The van der Waals surface area contributed by atoms with Crippen LogP contribution in [0.15, 0.2) is 54.6 Å². The van der Waals surface area contributed by atoms with Crippen molar-refractivity contribution < 1.29 is 13.9 Å². The molecule has 3 heterocycles. The van der Waals surface area contributed by atoms with Crippen molar-refractivity contribution in [2.24, 2.45) is 0 Å². The molecule has 2 fully saturated rings. The van der Waals surface area contributed by atoms with Crippen LogP contribution >= 0.6 is 0 Å². The Bertz CT molecular complexity index is 1210. The predicted octanol–water partition coefficient (Wildman–Crippen LogP) is 4.98. The number of nitrogens with one attached hydrogen (secondary N) is 1. The number of ether oxygens (including phenoxy) is 1. The summed E-state index contributed by atoms with van der Waals surface area (Å²) in [5.41, 5.74) is 3.54. The number of carbonyl (C=O) groups is 1. The molecule has 0 radical (unpaired) electrons. The Morgan fingerprint density at radius 1 is 1.08 bits per heavy atom. The number of benzene rings is 2. The van der Waals surface area contributed by atoms with E-state index in [2.05, 4.69) is 28.4 Å². The summed E-state index contributed by atoms with van der Waals surface area (Å²) in [6.07, 6.45) is 2.33. The Balaban J connectivity index is 1.50. The van der Waals surface area contributed by atoms with Crippen LogP contribution in [-0.4, -0.2) is 60.2 Å². The molecular weight excluding hydrogens is 457 g/mol. The quantitative estimate of drug-likeness (QED) is 0.527. The zero-order valence-electron chi connectivity index (χ0n) is 20.6. The van der Waals surface area contributed by atoms with E-state index in [1.165, 1.54) is 12.1 Å². The van der Waals surface area contributed by atoms with Crippen LogP contribution in [0, 0.1) is 5.82 Å². The molecule has 36 heavy (non-hydrogen) atoms. The van der Waals surface area contributed by atoms with Gasteiger partial charge in [0.2, 0.25) is 5.91 Å². The van der Waals surface area contributed by atoms with Gasteiger partial charge in [0.25, 0.3) is 0 Å². The molecule has 3 aromatic rings. The molecule has 1 N–H and O–H groups in total. The first-order valence-electron chi connectivity index (χ1n) is 12.7.